The Kier molecular flexibility index (Phi) is 5.80. The molecule has 1 saturated carbocycles. The molecule has 7 heteroatoms. The zero-order valence-electron chi connectivity index (χ0n) is 19.3. The Bertz CT molecular complexity index is 1090. The predicted octanol–water partition coefficient (Wildman–Crippen LogP) is 4.16. The fourth-order valence-electron chi connectivity index (χ4n) is 6.04. The van der Waals surface area contributed by atoms with Crippen molar-refractivity contribution < 1.29 is 24.2 Å². The van der Waals surface area contributed by atoms with E-state index in [1.165, 1.54) is 6.42 Å². The SMILES string of the molecule is C[C@]12CCCC[C@H]1CN2C(=O)C(CC(=O)O)NC(=O)OCC1c2ccccc2-c2ccccc21. The summed E-state index contributed by atoms with van der Waals surface area (Å²) in [5, 5.41) is 11.9. The zero-order valence-corrected chi connectivity index (χ0v) is 19.3. The van der Waals surface area contributed by atoms with Crippen LogP contribution in [0.4, 0.5) is 4.79 Å². The first kappa shape index (κ1) is 22.4. The van der Waals surface area contributed by atoms with Gasteiger partial charge in [0.15, 0.2) is 0 Å². The van der Waals surface area contributed by atoms with E-state index in [4.69, 9.17) is 4.74 Å². The van der Waals surface area contributed by atoms with Crippen molar-refractivity contribution in [2.75, 3.05) is 13.2 Å². The van der Waals surface area contributed by atoms with E-state index in [9.17, 15) is 19.5 Å². The van der Waals surface area contributed by atoms with Crippen molar-refractivity contribution >= 4 is 18.0 Å². The second-order valence-corrected chi connectivity index (χ2v) is 9.87. The highest BCUT2D eigenvalue weighted by Crippen LogP contribution is 2.47. The van der Waals surface area contributed by atoms with Crippen molar-refractivity contribution in [3.8, 4) is 11.1 Å². The van der Waals surface area contributed by atoms with Crippen molar-refractivity contribution in [1.82, 2.24) is 10.2 Å². The van der Waals surface area contributed by atoms with Crippen LogP contribution in [0.1, 0.15) is 56.1 Å². The van der Waals surface area contributed by atoms with Gasteiger partial charge in [-0.05, 0) is 47.9 Å². The minimum absolute atomic E-state index is 0.107. The van der Waals surface area contributed by atoms with Gasteiger partial charge < -0.3 is 20.1 Å². The number of likely N-dealkylation sites (tertiary alicyclic amines) is 1. The topological polar surface area (TPSA) is 95.9 Å². The summed E-state index contributed by atoms with van der Waals surface area (Å²) in [7, 11) is 0. The second-order valence-electron chi connectivity index (χ2n) is 9.87. The normalized spacial score (nSPS) is 23.7. The van der Waals surface area contributed by atoms with E-state index >= 15 is 0 Å². The Labute approximate surface area is 199 Å². The number of carboxylic acid groups (broad SMARTS) is 1. The van der Waals surface area contributed by atoms with Gasteiger partial charge in [-0.25, -0.2) is 4.79 Å². The quantitative estimate of drug-likeness (QED) is 0.672. The number of carbonyl (C=O) groups excluding carboxylic acids is 2. The van der Waals surface area contributed by atoms with Gasteiger partial charge in [0.1, 0.15) is 12.6 Å². The van der Waals surface area contributed by atoms with Crippen LogP contribution in [-0.4, -0.2) is 52.7 Å². The molecule has 2 aliphatic carbocycles. The van der Waals surface area contributed by atoms with Crippen molar-refractivity contribution in [1.29, 1.82) is 0 Å². The van der Waals surface area contributed by atoms with Crippen LogP contribution in [0.15, 0.2) is 48.5 Å². The number of amides is 2. The van der Waals surface area contributed by atoms with Crippen LogP contribution >= 0.6 is 0 Å². The number of hydrogen-bond acceptors (Lipinski definition) is 4. The van der Waals surface area contributed by atoms with Crippen LogP contribution in [0.5, 0.6) is 0 Å². The fourth-order valence-corrected chi connectivity index (χ4v) is 6.04. The first-order valence-corrected chi connectivity index (χ1v) is 12.0. The van der Waals surface area contributed by atoms with Crippen LogP contribution in [0.25, 0.3) is 11.1 Å². The van der Waals surface area contributed by atoms with Gasteiger partial charge in [-0.15, -0.1) is 0 Å². The third-order valence-corrected chi connectivity index (χ3v) is 7.96. The molecule has 2 fully saturated rings. The first-order chi connectivity index (χ1) is 16.4. The molecule has 0 aromatic heterocycles. The molecule has 1 unspecified atom stereocenters. The van der Waals surface area contributed by atoms with Gasteiger partial charge in [-0.2, -0.15) is 0 Å². The third-order valence-electron chi connectivity index (χ3n) is 7.96. The minimum Gasteiger partial charge on any atom is -0.481 e. The smallest absolute Gasteiger partial charge is 0.407 e. The first-order valence-electron chi connectivity index (χ1n) is 12.0. The summed E-state index contributed by atoms with van der Waals surface area (Å²) in [6.45, 7) is 2.80. The maximum Gasteiger partial charge on any atom is 0.407 e. The Morgan fingerprint density at radius 2 is 1.74 bits per heavy atom. The Balaban J connectivity index is 1.26. The maximum atomic E-state index is 13.2. The molecule has 2 aromatic rings. The van der Waals surface area contributed by atoms with Crippen LogP contribution in [0.3, 0.4) is 0 Å². The number of nitrogens with zero attached hydrogens (tertiary/aromatic N) is 1. The van der Waals surface area contributed by atoms with Gasteiger partial charge in [-0.3, -0.25) is 9.59 Å². The summed E-state index contributed by atoms with van der Waals surface area (Å²) in [6, 6.07) is 14.9. The van der Waals surface area contributed by atoms with Crippen molar-refractivity contribution in [2.45, 2.75) is 56.5 Å². The molecule has 178 valence electrons. The molecule has 5 rings (SSSR count). The predicted molar refractivity (Wildman–Crippen MR) is 126 cm³/mol. The van der Waals surface area contributed by atoms with Crippen molar-refractivity contribution in [3.63, 3.8) is 0 Å². The van der Waals surface area contributed by atoms with E-state index in [1.807, 2.05) is 36.4 Å². The van der Waals surface area contributed by atoms with Gasteiger partial charge in [0.25, 0.3) is 0 Å². The Hall–Kier alpha value is -3.35. The van der Waals surface area contributed by atoms with Gasteiger partial charge in [0.05, 0.1) is 6.42 Å². The van der Waals surface area contributed by atoms with Crippen LogP contribution < -0.4 is 5.32 Å². The largest absolute Gasteiger partial charge is 0.481 e. The highest BCUT2D eigenvalue weighted by molar-refractivity contribution is 5.90. The Morgan fingerprint density at radius 1 is 1.09 bits per heavy atom. The minimum atomic E-state index is -1.15. The standard InChI is InChI=1S/C27H30N2O5/c1-27-13-7-6-8-17(27)15-29(27)25(32)23(14-24(30)31)28-26(33)34-16-22-20-11-4-2-9-18(20)19-10-3-5-12-21(19)22/h2-5,9-12,17,22-23H,6-8,13-16H2,1H3,(H,28,33)(H,30,31)/t17-,23?,27-/m0/s1. The maximum absolute atomic E-state index is 13.2. The number of alkyl carbamates (subject to hydrolysis) is 1. The number of hydrogen-bond donors (Lipinski definition) is 2. The van der Waals surface area contributed by atoms with Gasteiger partial charge in [0.2, 0.25) is 5.91 Å². The molecule has 1 heterocycles. The molecule has 34 heavy (non-hydrogen) atoms. The second kappa shape index (κ2) is 8.78. The molecule has 2 amide bonds. The fraction of sp³-hybridized carbons (Fsp3) is 0.444. The molecule has 1 aliphatic heterocycles. The summed E-state index contributed by atoms with van der Waals surface area (Å²) in [4.78, 5) is 39.2. The molecule has 0 bridgehead atoms. The number of fused-ring (bicyclic) bond motifs is 4. The lowest BCUT2D eigenvalue weighted by Crippen LogP contribution is -2.71. The number of carboxylic acids is 1. The Morgan fingerprint density at radius 3 is 2.35 bits per heavy atom. The van der Waals surface area contributed by atoms with Crippen LogP contribution in [0.2, 0.25) is 0 Å². The number of aliphatic carboxylic acids is 1. The zero-order chi connectivity index (χ0) is 23.9. The average molecular weight is 463 g/mol. The van der Waals surface area contributed by atoms with E-state index < -0.39 is 24.5 Å². The molecular weight excluding hydrogens is 432 g/mol. The summed E-state index contributed by atoms with van der Waals surface area (Å²) in [5.74, 6) is -1.13. The molecule has 2 N–H and O–H groups in total. The van der Waals surface area contributed by atoms with E-state index in [1.54, 1.807) is 4.90 Å². The molecule has 3 atom stereocenters. The summed E-state index contributed by atoms with van der Waals surface area (Å²) >= 11 is 0. The summed E-state index contributed by atoms with van der Waals surface area (Å²) in [5.41, 5.74) is 4.19. The molecule has 1 saturated heterocycles. The molecule has 3 aliphatic rings. The van der Waals surface area contributed by atoms with Gasteiger partial charge in [-0.1, -0.05) is 61.4 Å². The van der Waals surface area contributed by atoms with E-state index in [-0.39, 0.29) is 24.0 Å². The van der Waals surface area contributed by atoms with Crippen molar-refractivity contribution in [2.24, 2.45) is 5.92 Å². The number of ether oxygens (including phenoxy) is 1. The molecule has 2 aromatic carbocycles. The van der Waals surface area contributed by atoms with Gasteiger partial charge >= 0.3 is 12.1 Å². The number of benzene rings is 2. The van der Waals surface area contributed by atoms with Gasteiger partial charge in [0, 0.05) is 18.0 Å². The van der Waals surface area contributed by atoms with Crippen LogP contribution in [-0.2, 0) is 14.3 Å². The number of carbonyl (C=O) groups is 3. The molecule has 0 spiro atoms. The summed E-state index contributed by atoms with van der Waals surface area (Å²) < 4.78 is 5.55. The summed E-state index contributed by atoms with van der Waals surface area (Å²) in [6.07, 6.45) is 2.98. The lowest BCUT2D eigenvalue weighted by Gasteiger charge is -2.60. The monoisotopic (exact) mass is 462 g/mol. The number of nitrogens with one attached hydrogen (secondary N) is 1. The van der Waals surface area contributed by atoms with E-state index in [0.29, 0.717) is 12.5 Å². The highest BCUT2D eigenvalue weighted by atomic mass is 16.5. The average Bonchev–Trinajstić information content (AvgIpc) is 3.13. The third kappa shape index (κ3) is 3.83. The number of rotatable bonds is 6. The highest BCUT2D eigenvalue weighted by Gasteiger charge is 2.53. The van der Waals surface area contributed by atoms with E-state index in [2.05, 4.69) is 24.4 Å². The van der Waals surface area contributed by atoms with Crippen LogP contribution in [0, 0.1) is 5.92 Å². The molecule has 7 nitrogen and oxygen atoms in total. The molecular formula is C27H30N2O5. The lowest BCUT2D eigenvalue weighted by atomic mass is 9.66. The van der Waals surface area contributed by atoms with Crippen molar-refractivity contribution in [3.05, 3.63) is 59.7 Å². The molecule has 0 radical (unpaired) electrons. The van der Waals surface area contributed by atoms with E-state index in [0.717, 1.165) is 41.5 Å². The lowest BCUT2D eigenvalue weighted by molar-refractivity contribution is -0.164.